The first-order valence-electron chi connectivity index (χ1n) is 4.81. The summed E-state index contributed by atoms with van der Waals surface area (Å²) in [4.78, 5) is 1.35. The largest absolute Gasteiger partial charge is 0.329 e. The van der Waals surface area contributed by atoms with Crippen LogP contribution in [0.4, 0.5) is 0 Å². The van der Waals surface area contributed by atoms with Gasteiger partial charge in [0.05, 0.1) is 0 Å². The van der Waals surface area contributed by atoms with Crippen molar-refractivity contribution >= 4 is 0 Å². The lowest BCUT2D eigenvalue weighted by atomic mass is 10.5. The van der Waals surface area contributed by atoms with Gasteiger partial charge in [0.25, 0.3) is 0 Å². The third-order valence-electron chi connectivity index (χ3n) is 0.986. The fourth-order valence-corrected chi connectivity index (χ4v) is 0.473. The highest BCUT2D eigenvalue weighted by Gasteiger charge is 1.92. The molecule has 0 aromatic heterocycles. The van der Waals surface area contributed by atoms with Gasteiger partial charge in [-0.25, -0.2) is 0 Å². The van der Waals surface area contributed by atoms with Crippen molar-refractivity contribution < 1.29 is 5.48 Å². The Labute approximate surface area is 57.3 Å². The maximum atomic E-state index is 7.43. The average molecular weight is 120 g/mol. The number of likely N-dealkylation sites (N-methyl/N-ethyl adjacent to an activating group) is 1. The fraction of sp³-hybridized carbons (Fsp3) is 1.00. The SMILES string of the molecule is [2H]C([2H])(N)C([2H])([2H])N(CC)CC. The monoisotopic (exact) mass is 120 g/mol. The van der Waals surface area contributed by atoms with E-state index in [1.165, 1.54) is 4.90 Å². The molecular weight excluding hydrogens is 100 g/mol. The van der Waals surface area contributed by atoms with Gasteiger partial charge < -0.3 is 10.6 Å². The summed E-state index contributed by atoms with van der Waals surface area (Å²) in [5, 5.41) is 0. The minimum atomic E-state index is -2.32. The Hall–Kier alpha value is -0.0800. The minimum Gasteiger partial charge on any atom is -0.329 e. The lowest BCUT2D eigenvalue weighted by molar-refractivity contribution is 0.312. The summed E-state index contributed by atoms with van der Waals surface area (Å²) >= 11 is 0. The van der Waals surface area contributed by atoms with E-state index in [2.05, 4.69) is 0 Å². The molecule has 0 aliphatic carbocycles. The maximum absolute atomic E-state index is 7.43. The molecule has 0 atom stereocenters. The molecule has 0 radical (unpaired) electrons. The van der Waals surface area contributed by atoms with Gasteiger partial charge >= 0.3 is 0 Å². The highest BCUT2D eigenvalue weighted by atomic mass is 15.1. The molecule has 0 aromatic rings. The molecule has 50 valence electrons. The van der Waals surface area contributed by atoms with Gasteiger partial charge in [-0.05, 0) is 13.1 Å². The van der Waals surface area contributed by atoms with Crippen molar-refractivity contribution in [1.29, 1.82) is 0 Å². The Morgan fingerprint density at radius 3 is 2.12 bits per heavy atom. The molecule has 0 rings (SSSR count). The zero-order valence-corrected chi connectivity index (χ0v) is 5.44. The van der Waals surface area contributed by atoms with Crippen LogP contribution >= 0.6 is 0 Å². The Kier molecular flexibility index (Phi) is 2.01. The molecule has 0 spiro atoms. The summed E-state index contributed by atoms with van der Waals surface area (Å²) in [6, 6.07) is 0. The zero-order chi connectivity index (χ0) is 9.99. The molecule has 0 saturated carbocycles. The predicted molar refractivity (Wildman–Crippen MR) is 36.8 cm³/mol. The number of hydrogen-bond acceptors (Lipinski definition) is 2. The molecule has 8 heavy (non-hydrogen) atoms. The number of nitrogens with zero attached hydrogens (tertiary/aromatic N) is 1. The van der Waals surface area contributed by atoms with Crippen LogP contribution in [0.15, 0.2) is 0 Å². The summed E-state index contributed by atoms with van der Waals surface area (Å²) in [6.07, 6.45) is 0. The Morgan fingerprint density at radius 1 is 1.50 bits per heavy atom. The summed E-state index contributed by atoms with van der Waals surface area (Å²) in [7, 11) is 0. The number of nitrogens with two attached hydrogens (primary N) is 1. The fourth-order valence-electron chi connectivity index (χ4n) is 0.473. The van der Waals surface area contributed by atoms with Crippen molar-refractivity contribution in [1.82, 2.24) is 4.90 Å². The lowest BCUT2D eigenvalue weighted by Crippen LogP contribution is -2.28. The van der Waals surface area contributed by atoms with Gasteiger partial charge in [0.2, 0.25) is 0 Å². The van der Waals surface area contributed by atoms with E-state index in [-0.39, 0.29) is 0 Å². The first kappa shape index (κ1) is 3.18. The molecule has 0 bridgehead atoms. The van der Waals surface area contributed by atoms with E-state index in [0.717, 1.165) is 0 Å². The normalized spacial score (nSPS) is 21.5. The minimum absolute atomic E-state index is 0.445. The van der Waals surface area contributed by atoms with Gasteiger partial charge in [0.1, 0.15) is 0 Å². The van der Waals surface area contributed by atoms with Crippen molar-refractivity contribution in [3.8, 4) is 0 Å². The maximum Gasteiger partial charge on any atom is 0.0444 e. The molecule has 0 aliphatic heterocycles. The first-order chi connectivity index (χ1) is 5.27. The predicted octanol–water partition coefficient (Wildman–Crippen LogP) is 0.287. The van der Waals surface area contributed by atoms with Crippen LogP contribution in [0.5, 0.6) is 0 Å². The molecular formula is C6H16N2. The van der Waals surface area contributed by atoms with Crippen LogP contribution in [0.2, 0.25) is 0 Å². The molecule has 0 aliphatic rings. The second-order valence-electron chi connectivity index (χ2n) is 1.43. The molecule has 0 heterocycles. The Bertz CT molecular complexity index is 139. The summed E-state index contributed by atoms with van der Waals surface area (Å²) in [6.45, 7) is 0.0100. The highest BCUT2D eigenvalue weighted by molar-refractivity contribution is 4.50. The quantitative estimate of drug-likeness (QED) is 0.577. The van der Waals surface area contributed by atoms with E-state index in [1.54, 1.807) is 13.8 Å². The molecule has 2 N–H and O–H groups in total. The van der Waals surface area contributed by atoms with Crippen molar-refractivity contribution in [3.63, 3.8) is 0 Å². The molecule has 0 saturated heterocycles. The smallest absolute Gasteiger partial charge is 0.0444 e. The summed E-state index contributed by atoms with van der Waals surface area (Å²) in [5.74, 6) is 0. The molecule has 2 heteroatoms. The van der Waals surface area contributed by atoms with Crippen molar-refractivity contribution in [3.05, 3.63) is 0 Å². The van der Waals surface area contributed by atoms with Crippen LogP contribution in [-0.4, -0.2) is 31.0 Å². The van der Waals surface area contributed by atoms with Gasteiger partial charge in [-0.1, -0.05) is 13.8 Å². The number of rotatable bonds is 4. The molecule has 0 fully saturated rings. The molecule has 0 unspecified atom stereocenters. The average Bonchev–Trinajstić information content (AvgIpc) is 1.87. The van der Waals surface area contributed by atoms with E-state index in [1.807, 2.05) is 0 Å². The van der Waals surface area contributed by atoms with Crippen LogP contribution in [-0.2, 0) is 0 Å². The van der Waals surface area contributed by atoms with Gasteiger partial charge in [0.15, 0.2) is 0 Å². The molecule has 2 nitrogen and oxygen atoms in total. The van der Waals surface area contributed by atoms with Crippen molar-refractivity contribution in [2.45, 2.75) is 13.8 Å². The van der Waals surface area contributed by atoms with Gasteiger partial charge in [-0.2, -0.15) is 0 Å². The van der Waals surface area contributed by atoms with E-state index >= 15 is 0 Å². The third kappa shape index (κ3) is 2.99. The summed E-state index contributed by atoms with van der Waals surface area (Å²) < 4.78 is 29.1. The van der Waals surface area contributed by atoms with E-state index in [0.29, 0.717) is 13.1 Å². The third-order valence-corrected chi connectivity index (χ3v) is 0.986. The lowest BCUT2D eigenvalue weighted by Gasteiger charge is -2.15. The van der Waals surface area contributed by atoms with E-state index in [4.69, 9.17) is 11.2 Å². The van der Waals surface area contributed by atoms with Crippen molar-refractivity contribution in [2.75, 3.05) is 26.1 Å². The van der Waals surface area contributed by atoms with Gasteiger partial charge in [-0.15, -0.1) is 0 Å². The Morgan fingerprint density at radius 2 is 2.00 bits per heavy atom. The topological polar surface area (TPSA) is 29.3 Å². The summed E-state index contributed by atoms with van der Waals surface area (Å²) in [5.41, 5.74) is 5.08. The van der Waals surface area contributed by atoms with Crippen molar-refractivity contribution in [2.24, 2.45) is 5.73 Å². The second-order valence-corrected chi connectivity index (χ2v) is 1.43. The van der Waals surface area contributed by atoms with Crippen LogP contribution in [0.25, 0.3) is 0 Å². The standard InChI is InChI=1S/C6H16N2/c1-3-8(4-2)6-5-7/h3-7H2,1-2H3/i5D2,6D2. The molecule has 0 aromatic carbocycles. The second kappa shape index (κ2) is 5.06. The van der Waals surface area contributed by atoms with Crippen LogP contribution < -0.4 is 5.73 Å². The van der Waals surface area contributed by atoms with E-state index < -0.39 is 13.0 Å². The first-order valence-corrected chi connectivity index (χ1v) is 2.81. The highest BCUT2D eigenvalue weighted by Crippen LogP contribution is 1.81. The van der Waals surface area contributed by atoms with E-state index in [9.17, 15) is 0 Å². The zero-order valence-electron chi connectivity index (χ0n) is 9.44. The van der Waals surface area contributed by atoms with Crippen LogP contribution in [0.3, 0.4) is 0 Å². The van der Waals surface area contributed by atoms with Gasteiger partial charge in [-0.3, -0.25) is 0 Å². The van der Waals surface area contributed by atoms with Gasteiger partial charge in [0, 0.05) is 18.5 Å². The van der Waals surface area contributed by atoms with Crippen LogP contribution in [0, 0.1) is 0 Å². The number of hydrogen-bond donors (Lipinski definition) is 1. The van der Waals surface area contributed by atoms with Crippen LogP contribution in [0.1, 0.15) is 19.3 Å². The molecule has 0 amide bonds. The Balaban J connectivity index is 4.57.